The molecule has 0 fully saturated rings. The molecule has 1 heterocycles. The Labute approximate surface area is 130 Å². The van der Waals surface area contributed by atoms with E-state index in [-0.39, 0.29) is 18.2 Å². The lowest BCUT2D eigenvalue weighted by atomic mass is 10.0. The van der Waals surface area contributed by atoms with Crippen molar-refractivity contribution >= 4 is 5.97 Å². The number of aromatic nitrogens is 1. The number of hydrogen-bond donors (Lipinski definition) is 0. The summed E-state index contributed by atoms with van der Waals surface area (Å²) in [6.45, 7) is 1.81. The minimum Gasteiger partial charge on any atom is -0.481 e. The molecule has 0 bridgehead atoms. The number of esters is 1. The van der Waals surface area contributed by atoms with Crippen molar-refractivity contribution in [3.05, 3.63) is 47.7 Å². The smallest absolute Gasteiger partial charge is 0.416 e. The van der Waals surface area contributed by atoms with Crippen LogP contribution in [0.15, 0.2) is 36.4 Å². The maximum absolute atomic E-state index is 12.6. The van der Waals surface area contributed by atoms with Gasteiger partial charge in [-0.2, -0.15) is 13.2 Å². The number of benzene rings is 1. The molecule has 1 aromatic carbocycles. The fourth-order valence-electron chi connectivity index (χ4n) is 1.98. The van der Waals surface area contributed by atoms with Crippen LogP contribution in [0.4, 0.5) is 13.2 Å². The largest absolute Gasteiger partial charge is 0.481 e. The highest BCUT2D eigenvalue weighted by Crippen LogP contribution is 2.32. The van der Waals surface area contributed by atoms with Gasteiger partial charge >= 0.3 is 12.1 Å². The standard InChI is InChI=1S/C16H14F3NO3/c1-3-23-15(21)14-12(8-9-13(20-14)22-2)10-4-6-11(7-5-10)16(17,18)19/h4-9H,3H2,1-2H3. The Balaban J connectivity index is 2.47. The van der Waals surface area contributed by atoms with Crippen LogP contribution in [0.25, 0.3) is 11.1 Å². The van der Waals surface area contributed by atoms with Crippen LogP contribution in [0.2, 0.25) is 0 Å². The highest BCUT2D eigenvalue weighted by atomic mass is 19.4. The summed E-state index contributed by atoms with van der Waals surface area (Å²) in [5, 5.41) is 0. The number of hydrogen-bond acceptors (Lipinski definition) is 4. The number of alkyl halides is 3. The first-order valence-corrected chi connectivity index (χ1v) is 6.76. The molecular weight excluding hydrogens is 311 g/mol. The van der Waals surface area contributed by atoms with Crippen LogP contribution in [-0.2, 0) is 10.9 Å². The van der Waals surface area contributed by atoms with Crippen LogP contribution in [0.5, 0.6) is 5.88 Å². The zero-order chi connectivity index (χ0) is 17.0. The molecule has 0 amide bonds. The minimum absolute atomic E-state index is 0.00837. The topological polar surface area (TPSA) is 48.4 Å². The molecule has 0 unspecified atom stereocenters. The van der Waals surface area contributed by atoms with Crippen molar-refractivity contribution < 1.29 is 27.4 Å². The summed E-state index contributed by atoms with van der Waals surface area (Å²) in [6, 6.07) is 7.56. The molecule has 0 atom stereocenters. The summed E-state index contributed by atoms with van der Waals surface area (Å²) < 4.78 is 47.8. The molecule has 1 aromatic heterocycles. The Morgan fingerprint density at radius 1 is 1.13 bits per heavy atom. The maximum atomic E-state index is 12.6. The molecule has 0 aliphatic carbocycles. The normalized spacial score (nSPS) is 11.2. The predicted octanol–water partition coefficient (Wildman–Crippen LogP) is 3.95. The number of carbonyl (C=O) groups excluding carboxylic acids is 1. The number of methoxy groups -OCH3 is 1. The maximum Gasteiger partial charge on any atom is 0.416 e. The Hall–Kier alpha value is -2.57. The van der Waals surface area contributed by atoms with E-state index in [4.69, 9.17) is 9.47 Å². The molecule has 0 aliphatic heterocycles. The van der Waals surface area contributed by atoms with E-state index >= 15 is 0 Å². The number of carbonyl (C=O) groups is 1. The highest BCUT2D eigenvalue weighted by molar-refractivity contribution is 5.95. The first-order chi connectivity index (χ1) is 10.9. The second-order valence-corrected chi connectivity index (χ2v) is 4.55. The van der Waals surface area contributed by atoms with Gasteiger partial charge in [-0.15, -0.1) is 0 Å². The molecule has 0 radical (unpaired) electrons. The van der Waals surface area contributed by atoms with Gasteiger partial charge in [0.05, 0.1) is 19.3 Å². The van der Waals surface area contributed by atoms with E-state index in [0.717, 1.165) is 12.1 Å². The van der Waals surface area contributed by atoms with Gasteiger partial charge in [-0.05, 0) is 30.7 Å². The molecule has 4 nitrogen and oxygen atoms in total. The van der Waals surface area contributed by atoms with E-state index in [1.165, 1.54) is 25.3 Å². The molecule has 0 aliphatic rings. The minimum atomic E-state index is -4.42. The molecule has 122 valence electrons. The Kier molecular flexibility index (Phi) is 4.88. The van der Waals surface area contributed by atoms with Gasteiger partial charge in [-0.3, -0.25) is 0 Å². The molecule has 0 N–H and O–H groups in total. The first kappa shape index (κ1) is 16.8. The molecule has 0 saturated heterocycles. The number of rotatable bonds is 4. The van der Waals surface area contributed by atoms with Crippen LogP contribution in [0.1, 0.15) is 23.0 Å². The van der Waals surface area contributed by atoms with Gasteiger partial charge < -0.3 is 9.47 Å². The third-order valence-corrected chi connectivity index (χ3v) is 3.07. The van der Waals surface area contributed by atoms with Gasteiger partial charge in [0.2, 0.25) is 5.88 Å². The highest BCUT2D eigenvalue weighted by Gasteiger charge is 2.30. The average molecular weight is 325 g/mol. The van der Waals surface area contributed by atoms with Crippen LogP contribution < -0.4 is 4.74 Å². The summed E-state index contributed by atoms with van der Waals surface area (Å²) in [5.74, 6) is -0.454. The summed E-state index contributed by atoms with van der Waals surface area (Å²) in [4.78, 5) is 16.1. The van der Waals surface area contributed by atoms with E-state index in [0.29, 0.717) is 11.1 Å². The van der Waals surface area contributed by atoms with Crippen LogP contribution in [0.3, 0.4) is 0 Å². The molecule has 2 rings (SSSR count). The van der Waals surface area contributed by atoms with Gasteiger partial charge in [0.15, 0.2) is 5.69 Å². The van der Waals surface area contributed by atoms with E-state index in [1.807, 2.05) is 0 Å². The Morgan fingerprint density at radius 2 is 1.78 bits per heavy atom. The van der Waals surface area contributed by atoms with Gasteiger partial charge in [-0.1, -0.05) is 12.1 Å². The summed E-state index contributed by atoms with van der Waals surface area (Å²) in [5.41, 5.74) is 0.0283. The predicted molar refractivity (Wildman–Crippen MR) is 77.2 cm³/mol. The van der Waals surface area contributed by atoms with Crippen molar-refractivity contribution in [1.29, 1.82) is 0 Å². The molecule has 0 spiro atoms. The van der Waals surface area contributed by atoms with Crippen LogP contribution in [0, 0.1) is 0 Å². The number of nitrogens with zero attached hydrogens (tertiary/aromatic N) is 1. The van der Waals surface area contributed by atoms with Gasteiger partial charge in [-0.25, -0.2) is 9.78 Å². The van der Waals surface area contributed by atoms with Gasteiger partial charge in [0, 0.05) is 11.6 Å². The lowest BCUT2D eigenvalue weighted by Gasteiger charge is -2.11. The summed E-state index contributed by atoms with van der Waals surface area (Å²) >= 11 is 0. The van der Waals surface area contributed by atoms with E-state index in [1.54, 1.807) is 13.0 Å². The fraction of sp³-hybridized carbons (Fsp3) is 0.250. The van der Waals surface area contributed by atoms with Crippen molar-refractivity contribution in [1.82, 2.24) is 4.98 Å². The number of ether oxygens (including phenoxy) is 2. The molecule has 7 heteroatoms. The zero-order valence-corrected chi connectivity index (χ0v) is 12.5. The van der Waals surface area contributed by atoms with E-state index < -0.39 is 17.7 Å². The fourth-order valence-corrected chi connectivity index (χ4v) is 1.98. The SMILES string of the molecule is CCOC(=O)c1nc(OC)ccc1-c1ccc(C(F)(F)F)cc1. The second-order valence-electron chi connectivity index (χ2n) is 4.55. The van der Waals surface area contributed by atoms with Crippen molar-refractivity contribution in [2.24, 2.45) is 0 Å². The number of halogens is 3. The van der Waals surface area contributed by atoms with Crippen molar-refractivity contribution in [3.63, 3.8) is 0 Å². The first-order valence-electron chi connectivity index (χ1n) is 6.76. The molecule has 0 saturated carbocycles. The molecule has 23 heavy (non-hydrogen) atoms. The van der Waals surface area contributed by atoms with Crippen LogP contribution >= 0.6 is 0 Å². The molecular formula is C16H14F3NO3. The Morgan fingerprint density at radius 3 is 2.30 bits per heavy atom. The third kappa shape index (κ3) is 3.80. The summed E-state index contributed by atoms with van der Waals surface area (Å²) in [7, 11) is 1.40. The van der Waals surface area contributed by atoms with E-state index in [9.17, 15) is 18.0 Å². The Bertz CT molecular complexity index is 697. The van der Waals surface area contributed by atoms with Gasteiger partial charge in [0.25, 0.3) is 0 Å². The van der Waals surface area contributed by atoms with Crippen molar-refractivity contribution in [2.45, 2.75) is 13.1 Å². The quantitative estimate of drug-likeness (QED) is 0.799. The molecule has 2 aromatic rings. The average Bonchev–Trinajstić information content (AvgIpc) is 2.54. The number of pyridine rings is 1. The third-order valence-electron chi connectivity index (χ3n) is 3.07. The second kappa shape index (κ2) is 6.68. The van der Waals surface area contributed by atoms with Crippen molar-refractivity contribution in [2.75, 3.05) is 13.7 Å². The lowest BCUT2D eigenvalue weighted by Crippen LogP contribution is -2.10. The summed E-state index contributed by atoms with van der Waals surface area (Å²) in [6.07, 6.45) is -4.42. The monoisotopic (exact) mass is 325 g/mol. The van der Waals surface area contributed by atoms with Crippen LogP contribution in [-0.4, -0.2) is 24.7 Å². The van der Waals surface area contributed by atoms with Gasteiger partial charge in [0.1, 0.15) is 0 Å². The lowest BCUT2D eigenvalue weighted by molar-refractivity contribution is -0.137. The van der Waals surface area contributed by atoms with E-state index in [2.05, 4.69) is 4.98 Å². The zero-order valence-electron chi connectivity index (χ0n) is 12.5. The van der Waals surface area contributed by atoms with Crippen molar-refractivity contribution in [3.8, 4) is 17.0 Å².